The second kappa shape index (κ2) is 6.61. The summed E-state index contributed by atoms with van der Waals surface area (Å²) < 4.78 is 7.27. The molecule has 1 aromatic carbocycles. The first-order valence-corrected chi connectivity index (χ1v) is 8.92. The number of benzene rings is 1. The van der Waals surface area contributed by atoms with Crippen molar-refractivity contribution < 1.29 is 4.74 Å². The van der Waals surface area contributed by atoms with E-state index in [1.165, 1.54) is 17.4 Å². The van der Waals surface area contributed by atoms with Gasteiger partial charge < -0.3 is 10.1 Å². The van der Waals surface area contributed by atoms with E-state index < -0.39 is 0 Å². The second-order valence-electron chi connectivity index (χ2n) is 6.54. The Morgan fingerprint density at radius 1 is 1.31 bits per heavy atom. The van der Waals surface area contributed by atoms with Crippen LogP contribution in [0.4, 0.5) is 5.95 Å². The van der Waals surface area contributed by atoms with Gasteiger partial charge in [0.15, 0.2) is 0 Å². The van der Waals surface area contributed by atoms with E-state index in [-0.39, 0.29) is 5.56 Å². The van der Waals surface area contributed by atoms with E-state index in [1.54, 1.807) is 32.4 Å². The Kier molecular flexibility index (Phi) is 4.28. The zero-order valence-electron chi connectivity index (χ0n) is 14.6. The number of nitrogens with zero attached hydrogens (tertiary/aromatic N) is 3. The fourth-order valence-electron chi connectivity index (χ4n) is 2.86. The topological polar surface area (TPSA) is 69.0 Å². The summed E-state index contributed by atoms with van der Waals surface area (Å²) in [6, 6.07) is 7.23. The van der Waals surface area contributed by atoms with Gasteiger partial charge in [0.05, 0.1) is 11.6 Å². The first kappa shape index (κ1) is 16.8. The van der Waals surface area contributed by atoms with Crippen molar-refractivity contribution in [3.05, 3.63) is 45.8 Å². The van der Waals surface area contributed by atoms with E-state index in [9.17, 15) is 4.79 Å². The van der Waals surface area contributed by atoms with E-state index in [2.05, 4.69) is 15.3 Å². The minimum Gasteiger partial charge on any atom is -0.493 e. The molecule has 0 bridgehead atoms. The Hall–Kier alpha value is -2.60. The van der Waals surface area contributed by atoms with Crippen LogP contribution < -0.4 is 15.6 Å². The van der Waals surface area contributed by atoms with E-state index in [4.69, 9.17) is 16.3 Å². The molecule has 1 saturated carbocycles. The molecular weight excluding hydrogens is 352 g/mol. The number of aromatic nitrogens is 3. The summed E-state index contributed by atoms with van der Waals surface area (Å²) in [6.45, 7) is 0.721. The summed E-state index contributed by atoms with van der Waals surface area (Å²) in [5.74, 6) is 1.87. The highest BCUT2D eigenvalue weighted by Gasteiger charge is 2.22. The normalized spacial score (nSPS) is 13.8. The average Bonchev–Trinajstić information content (AvgIpc) is 3.47. The van der Waals surface area contributed by atoms with Gasteiger partial charge in [0.25, 0.3) is 5.56 Å². The summed E-state index contributed by atoms with van der Waals surface area (Å²) >= 11 is 6.45. The van der Waals surface area contributed by atoms with Crippen molar-refractivity contribution in [2.75, 3.05) is 19.0 Å². The Bertz CT molecular complexity index is 1040. The van der Waals surface area contributed by atoms with Crippen LogP contribution in [0.25, 0.3) is 22.2 Å². The van der Waals surface area contributed by atoms with Crippen LogP contribution in [0.15, 0.2) is 35.3 Å². The van der Waals surface area contributed by atoms with Crippen LogP contribution in [0.2, 0.25) is 5.02 Å². The van der Waals surface area contributed by atoms with Gasteiger partial charge in [0, 0.05) is 36.8 Å². The maximum atomic E-state index is 12.8. The number of halogens is 1. The molecule has 134 valence electrons. The summed E-state index contributed by atoms with van der Waals surface area (Å²) in [4.78, 5) is 21.4. The second-order valence-corrected chi connectivity index (χ2v) is 6.95. The van der Waals surface area contributed by atoms with E-state index >= 15 is 0 Å². The van der Waals surface area contributed by atoms with Crippen LogP contribution in [-0.4, -0.2) is 28.2 Å². The highest BCUT2D eigenvalue weighted by atomic mass is 35.5. The molecule has 1 N–H and O–H groups in total. The van der Waals surface area contributed by atoms with Gasteiger partial charge >= 0.3 is 0 Å². The molecular formula is C19H19ClN4O2. The van der Waals surface area contributed by atoms with Gasteiger partial charge in [-0.15, -0.1) is 0 Å². The lowest BCUT2D eigenvalue weighted by molar-refractivity contribution is 0.300. The van der Waals surface area contributed by atoms with Gasteiger partial charge in [0.2, 0.25) is 5.95 Å². The summed E-state index contributed by atoms with van der Waals surface area (Å²) in [7, 11) is 3.43. The van der Waals surface area contributed by atoms with E-state index in [0.29, 0.717) is 33.7 Å². The van der Waals surface area contributed by atoms with Gasteiger partial charge in [0.1, 0.15) is 11.4 Å². The van der Waals surface area contributed by atoms with Gasteiger partial charge in [-0.05, 0) is 43.0 Å². The fourth-order valence-corrected chi connectivity index (χ4v) is 3.14. The molecule has 2 heterocycles. The lowest BCUT2D eigenvalue weighted by atomic mass is 10.1. The number of pyridine rings is 1. The predicted octanol–water partition coefficient (Wildman–Crippen LogP) is 3.48. The van der Waals surface area contributed by atoms with Crippen molar-refractivity contribution in [3.63, 3.8) is 0 Å². The van der Waals surface area contributed by atoms with E-state index in [0.717, 1.165) is 17.7 Å². The number of anilines is 1. The Morgan fingerprint density at radius 3 is 2.81 bits per heavy atom. The third-order valence-corrected chi connectivity index (χ3v) is 4.90. The van der Waals surface area contributed by atoms with Crippen molar-refractivity contribution in [1.82, 2.24) is 14.5 Å². The number of hydrogen-bond acceptors (Lipinski definition) is 5. The van der Waals surface area contributed by atoms with Gasteiger partial charge in [-0.3, -0.25) is 9.36 Å². The first-order chi connectivity index (χ1) is 12.6. The Balaban J connectivity index is 1.76. The van der Waals surface area contributed by atoms with Crippen molar-refractivity contribution in [2.24, 2.45) is 13.0 Å². The molecule has 6 nitrogen and oxygen atoms in total. The Labute approximate surface area is 155 Å². The standard InChI is InChI=1S/C19H19ClN4O2/c1-21-19-22-9-12-7-15(18(25)24(2)17(12)23-19)14-6-5-13(8-16(14)20)26-10-11-3-4-11/h5-9,11H,3-4,10H2,1-2H3,(H,21,22,23). The predicted molar refractivity (Wildman–Crippen MR) is 103 cm³/mol. The van der Waals surface area contributed by atoms with Crippen LogP contribution in [0.5, 0.6) is 5.75 Å². The lowest BCUT2D eigenvalue weighted by Crippen LogP contribution is -2.20. The number of rotatable bonds is 5. The molecule has 26 heavy (non-hydrogen) atoms. The summed E-state index contributed by atoms with van der Waals surface area (Å²) in [5.41, 5.74) is 1.59. The minimum atomic E-state index is -0.160. The number of aryl methyl sites for hydroxylation is 1. The smallest absolute Gasteiger partial charge is 0.259 e. The molecule has 4 rings (SSSR count). The molecule has 0 unspecified atom stereocenters. The lowest BCUT2D eigenvalue weighted by Gasteiger charge is -2.11. The highest BCUT2D eigenvalue weighted by molar-refractivity contribution is 6.33. The summed E-state index contributed by atoms with van der Waals surface area (Å²) in [5, 5.41) is 4.14. The molecule has 0 saturated heterocycles. The SMILES string of the molecule is CNc1ncc2cc(-c3ccc(OCC4CC4)cc3Cl)c(=O)n(C)c2n1. The van der Waals surface area contributed by atoms with Gasteiger partial charge in [-0.25, -0.2) is 4.98 Å². The van der Waals surface area contributed by atoms with Crippen molar-refractivity contribution in [3.8, 4) is 16.9 Å². The van der Waals surface area contributed by atoms with E-state index in [1.807, 2.05) is 12.1 Å². The number of ether oxygens (including phenoxy) is 1. The summed E-state index contributed by atoms with van der Waals surface area (Å²) in [6.07, 6.45) is 4.16. The highest BCUT2D eigenvalue weighted by Crippen LogP contribution is 2.33. The van der Waals surface area contributed by atoms with Crippen LogP contribution in [0, 0.1) is 5.92 Å². The van der Waals surface area contributed by atoms with Crippen molar-refractivity contribution in [2.45, 2.75) is 12.8 Å². The number of fused-ring (bicyclic) bond motifs is 1. The quantitative estimate of drug-likeness (QED) is 0.744. The number of hydrogen-bond donors (Lipinski definition) is 1. The molecule has 7 heteroatoms. The monoisotopic (exact) mass is 370 g/mol. The zero-order valence-corrected chi connectivity index (χ0v) is 15.4. The molecule has 0 atom stereocenters. The molecule has 0 spiro atoms. The maximum absolute atomic E-state index is 12.8. The molecule has 1 fully saturated rings. The fraction of sp³-hybridized carbons (Fsp3) is 0.316. The number of nitrogens with one attached hydrogen (secondary N) is 1. The maximum Gasteiger partial charge on any atom is 0.259 e. The van der Waals surface area contributed by atoms with Crippen LogP contribution in [0.3, 0.4) is 0 Å². The molecule has 1 aliphatic rings. The van der Waals surface area contributed by atoms with Crippen molar-refractivity contribution in [1.29, 1.82) is 0 Å². The average molecular weight is 371 g/mol. The van der Waals surface area contributed by atoms with Crippen LogP contribution >= 0.6 is 11.6 Å². The Morgan fingerprint density at radius 2 is 2.12 bits per heavy atom. The van der Waals surface area contributed by atoms with Crippen LogP contribution in [-0.2, 0) is 7.05 Å². The molecule has 0 radical (unpaired) electrons. The molecule has 3 aromatic rings. The molecule has 0 aliphatic heterocycles. The van der Waals surface area contributed by atoms with Crippen molar-refractivity contribution >= 4 is 28.6 Å². The van der Waals surface area contributed by atoms with Crippen LogP contribution in [0.1, 0.15) is 12.8 Å². The molecule has 2 aromatic heterocycles. The molecule has 1 aliphatic carbocycles. The van der Waals surface area contributed by atoms with Gasteiger partial charge in [-0.2, -0.15) is 4.98 Å². The third-order valence-electron chi connectivity index (χ3n) is 4.59. The molecule has 0 amide bonds. The zero-order chi connectivity index (χ0) is 18.3. The minimum absolute atomic E-state index is 0.160. The third kappa shape index (κ3) is 3.12. The first-order valence-electron chi connectivity index (χ1n) is 8.54. The largest absolute Gasteiger partial charge is 0.493 e. The van der Waals surface area contributed by atoms with Gasteiger partial charge in [-0.1, -0.05) is 11.6 Å².